The molecule has 4 nitrogen and oxygen atoms in total. The second-order valence-electron chi connectivity index (χ2n) is 4.97. The van der Waals surface area contributed by atoms with Gasteiger partial charge in [-0.3, -0.25) is 4.79 Å². The Bertz CT molecular complexity index is 349. The highest BCUT2D eigenvalue weighted by Crippen LogP contribution is 2.32. The second-order valence-corrected chi connectivity index (χ2v) is 4.97. The summed E-state index contributed by atoms with van der Waals surface area (Å²) in [5, 5.41) is 0. The molecule has 0 aromatic carbocycles. The molecule has 16 heavy (non-hydrogen) atoms. The van der Waals surface area contributed by atoms with Crippen LogP contribution in [0.25, 0.3) is 0 Å². The Hall–Kier alpha value is -0.870. The van der Waals surface area contributed by atoms with Crippen LogP contribution >= 0.6 is 0 Å². The van der Waals surface area contributed by atoms with E-state index in [1.807, 2.05) is 20.8 Å². The van der Waals surface area contributed by atoms with Crippen LogP contribution in [0.3, 0.4) is 0 Å². The van der Waals surface area contributed by atoms with Gasteiger partial charge in [0, 0.05) is 9.53 Å². The van der Waals surface area contributed by atoms with Crippen molar-refractivity contribution in [3.8, 4) is 0 Å². The topological polar surface area (TPSA) is 44.8 Å². The maximum Gasteiger partial charge on any atom is 0.321 e. The zero-order chi connectivity index (χ0) is 14.9. The van der Waals surface area contributed by atoms with Crippen LogP contribution in [0.5, 0.6) is 0 Å². The molecule has 92 valence electrons. The quantitative estimate of drug-likeness (QED) is 0.539. The van der Waals surface area contributed by atoms with Crippen molar-refractivity contribution in [2.45, 2.75) is 33.9 Å². The molecule has 0 bridgehead atoms. The molecule has 0 N–H and O–H groups in total. The minimum Gasteiger partial charge on any atom is -0.435 e. The molecule has 1 rings (SSSR count). The normalized spacial score (nSPS) is 34.4. The first-order chi connectivity index (χ1) is 8.54. The summed E-state index contributed by atoms with van der Waals surface area (Å²) in [5.74, 6) is -0.908. The van der Waals surface area contributed by atoms with Gasteiger partial charge in [-0.15, -0.1) is 0 Å². The van der Waals surface area contributed by atoms with Crippen molar-refractivity contribution in [1.82, 2.24) is 0 Å². The first-order valence-corrected chi connectivity index (χ1v) is 5.10. The molecule has 0 aromatic heterocycles. The average molecular weight is 231 g/mol. The summed E-state index contributed by atoms with van der Waals surface area (Å²) in [6.45, 7) is 5.86. The molecular formula is C12H20O4. The van der Waals surface area contributed by atoms with Gasteiger partial charge >= 0.3 is 5.97 Å². The number of rotatable bonds is 2. The second kappa shape index (κ2) is 4.55. The molecule has 0 aliphatic carbocycles. The molecule has 0 saturated carbocycles. The van der Waals surface area contributed by atoms with Crippen LogP contribution in [0.4, 0.5) is 0 Å². The number of carbonyl (C=O) groups is 1. The van der Waals surface area contributed by atoms with E-state index in [2.05, 4.69) is 11.3 Å². The zero-order valence-electron chi connectivity index (χ0n) is 12.9. The van der Waals surface area contributed by atoms with Crippen LogP contribution in [0.15, 0.2) is 12.8 Å². The van der Waals surface area contributed by atoms with Crippen molar-refractivity contribution in [3.05, 3.63) is 12.8 Å². The van der Waals surface area contributed by atoms with E-state index >= 15 is 0 Å². The van der Waals surface area contributed by atoms with E-state index in [-0.39, 0.29) is 18.6 Å². The molecule has 1 aliphatic rings. The van der Waals surface area contributed by atoms with Gasteiger partial charge in [-0.25, -0.2) is 0 Å². The van der Waals surface area contributed by atoms with Gasteiger partial charge in [0.1, 0.15) is 5.41 Å². The molecule has 0 radical (unpaired) electrons. The van der Waals surface area contributed by atoms with Crippen molar-refractivity contribution in [2.24, 2.45) is 10.8 Å². The lowest BCUT2D eigenvalue weighted by Crippen LogP contribution is -2.49. The first-order valence-electron chi connectivity index (χ1n) is 6.60. The van der Waals surface area contributed by atoms with E-state index in [1.165, 1.54) is 0 Å². The van der Waals surface area contributed by atoms with Gasteiger partial charge in [0.2, 0.25) is 0 Å². The molecule has 1 saturated heterocycles. The molecule has 0 unspecified atom stereocenters. The van der Waals surface area contributed by atoms with Crippen LogP contribution in [0, 0.1) is 10.8 Å². The third kappa shape index (κ3) is 2.83. The van der Waals surface area contributed by atoms with Gasteiger partial charge < -0.3 is 14.2 Å². The Balaban J connectivity index is 2.94. The Morgan fingerprint density at radius 2 is 2.12 bits per heavy atom. The maximum atomic E-state index is 11.9. The van der Waals surface area contributed by atoms with Crippen LogP contribution in [0.2, 0.25) is 0 Å². The van der Waals surface area contributed by atoms with E-state index in [9.17, 15) is 4.79 Å². The number of esters is 1. The third-order valence-electron chi connectivity index (χ3n) is 2.25. The van der Waals surface area contributed by atoms with Gasteiger partial charge in [-0.2, -0.15) is 0 Å². The fraction of sp³-hybridized carbons (Fsp3) is 0.750. The highest BCUT2D eigenvalue weighted by Gasteiger charge is 2.43. The fourth-order valence-corrected chi connectivity index (χ4v) is 1.33. The number of carbonyl (C=O) groups excluding carboxylic acids is 1. The molecular weight excluding hydrogens is 208 g/mol. The summed E-state index contributed by atoms with van der Waals surface area (Å²) in [6, 6.07) is 0. The lowest BCUT2D eigenvalue weighted by molar-refractivity contribution is -0.262. The van der Waals surface area contributed by atoms with E-state index in [1.54, 1.807) is 0 Å². The number of ether oxygens (including phenoxy) is 3. The van der Waals surface area contributed by atoms with Crippen LogP contribution in [-0.4, -0.2) is 25.5 Å². The van der Waals surface area contributed by atoms with Gasteiger partial charge in [0.25, 0.3) is 0 Å². The van der Waals surface area contributed by atoms with Gasteiger partial charge in [-0.1, -0.05) is 27.4 Å². The van der Waals surface area contributed by atoms with E-state index in [4.69, 9.17) is 13.6 Å². The van der Waals surface area contributed by atoms with E-state index in [0.29, 0.717) is 0 Å². The Kier molecular flexibility index (Phi) is 2.62. The summed E-state index contributed by atoms with van der Waals surface area (Å²) >= 11 is 0. The van der Waals surface area contributed by atoms with Crippen molar-refractivity contribution < 1.29 is 23.1 Å². The highest BCUT2D eigenvalue weighted by molar-refractivity contribution is 5.77. The monoisotopic (exact) mass is 231 g/mol. The minimum atomic E-state index is -2.57. The SMILES string of the molecule is [2H]C([2H])([2H])C1(C(=O)OC=C)COC(C(C)(C)C)OC1. The predicted molar refractivity (Wildman–Crippen MR) is 59.5 cm³/mol. The van der Waals surface area contributed by atoms with Crippen molar-refractivity contribution >= 4 is 5.97 Å². The van der Waals surface area contributed by atoms with Gasteiger partial charge in [-0.05, 0) is 6.85 Å². The Labute approximate surface area is 101 Å². The number of hydrogen-bond acceptors (Lipinski definition) is 4. The van der Waals surface area contributed by atoms with Crippen LogP contribution < -0.4 is 0 Å². The van der Waals surface area contributed by atoms with Crippen LogP contribution in [-0.2, 0) is 19.0 Å². The molecule has 0 spiro atoms. The van der Waals surface area contributed by atoms with Gasteiger partial charge in [0.05, 0.1) is 19.5 Å². The highest BCUT2D eigenvalue weighted by atomic mass is 16.7. The molecule has 0 aromatic rings. The summed E-state index contributed by atoms with van der Waals surface area (Å²) in [6.07, 6.45) is 0.352. The Morgan fingerprint density at radius 1 is 1.56 bits per heavy atom. The third-order valence-corrected chi connectivity index (χ3v) is 2.25. The maximum absolute atomic E-state index is 11.9. The summed E-state index contributed by atoms with van der Waals surface area (Å²) in [7, 11) is 0. The summed E-state index contributed by atoms with van der Waals surface area (Å²) in [5.41, 5.74) is -2.10. The van der Waals surface area contributed by atoms with Crippen LogP contribution in [0.1, 0.15) is 31.7 Å². The van der Waals surface area contributed by atoms with E-state index in [0.717, 1.165) is 6.26 Å². The number of hydrogen-bond donors (Lipinski definition) is 0. The van der Waals surface area contributed by atoms with Crippen molar-refractivity contribution in [1.29, 1.82) is 0 Å². The largest absolute Gasteiger partial charge is 0.435 e. The molecule has 0 atom stereocenters. The molecule has 1 heterocycles. The molecule has 4 heteroatoms. The standard InChI is InChI=1S/C12H20O4/c1-6-14-9(13)12(5)7-15-10(16-8-12)11(2,3)4/h6,10H,1,7-8H2,2-5H3/i5D3. The van der Waals surface area contributed by atoms with Crippen molar-refractivity contribution in [2.75, 3.05) is 13.2 Å². The lowest BCUT2D eigenvalue weighted by atomic mass is 9.90. The molecule has 1 fully saturated rings. The lowest BCUT2D eigenvalue weighted by Gasteiger charge is -2.40. The fourth-order valence-electron chi connectivity index (χ4n) is 1.33. The molecule has 1 aliphatic heterocycles. The van der Waals surface area contributed by atoms with E-state index < -0.39 is 24.5 Å². The van der Waals surface area contributed by atoms with Crippen molar-refractivity contribution in [3.63, 3.8) is 0 Å². The predicted octanol–water partition coefficient (Wildman–Crippen LogP) is 2.10. The average Bonchev–Trinajstić information content (AvgIpc) is 2.26. The van der Waals surface area contributed by atoms with Gasteiger partial charge in [0.15, 0.2) is 6.29 Å². The first kappa shape index (κ1) is 9.19. The molecule has 0 amide bonds. The minimum absolute atomic E-state index is 0.266. The summed E-state index contributed by atoms with van der Waals surface area (Å²) in [4.78, 5) is 11.9. The zero-order valence-corrected chi connectivity index (χ0v) is 9.91. The smallest absolute Gasteiger partial charge is 0.321 e. The Morgan fingerprint density at radius 3 is 2.50 bits per heavy atom. The summed E-state index contributed by atoms with van der Waals surface area (Å²) < 4.78 is 38.1.